The molecule has 2 heterocycles. The van der Waals surface area contributed by atoms with E-state index in [1.807, 2.05) is 40.7 Å². The molecule has 426 valence electrons. The number of aliphatic hydroxyl groups is 2. The van der Waals surface area contributed by atoms with Crippen molar-refractivity contribution < 1.29 is 29.2 Å². The van der Waals surface area contributed by atoms with Gasteiger partial charge in [0.2, 0.25) is 5.79 Å². The Hall–Kier alpha value is -1.34. The molecule has 70 heavy (non-hydrogen) atoms. The average molecular weight is 1000 g/mol. The molecule has 0 bridgehead atoms. The summed E-state index contributed by atoms with van der Waals surface area (Å²) in [6, 6.07) is 6.23. The molecular weight excluding hydrogens is 865 g/mol. The van der Waals surface area contributed by atoms with Crippen LogP contribution < -0.4 is 9.47 Å². The zero-order chi connectivity index (χ0) is 55.6. The molecule has 2 aliphatic rings. The molecule has 2 atom stereocenters. The number of hydrogen-bond donors (Lipinski definition) is 2. The molecular formula is C64H134O6. The van der Waals surface area contributed by atoms with Crippen LogP contribution in [-0.4, -0.2) is 47.7 Å². The summed E-state index contributed by atoms with van der Waals surface area (Å²) in [5.74, 6) is 7.05. The number of ether oxygens (including phenoxy) is 4. The highest BCUT2D eigenvalue weighted by molar-refractivity contribution is 5.45. The molecule has 1 aromatic carbocycles. The average Bonchev–Trinajstić information content (AvgIpc) is 3.91. The van der Waals surface area contributed by atoms with Crippen molar-refractivity contribution in [3.8, 4) is 11.5 Å². The minimum atomic E-state index is -0.508. The van der Waals surface area contributed by atoms with E-state index < -0.39 is 11.6 Å². The molecule has 0 amide bonds. The summed E-state index contributed by atoms with van der Waals surface area (Å²) in [4.78, 5) is 0. The number of fused-ring (bicyclic) bond motifs is 1. The van der Waals surface area contributed by atoms with Gasteiger partial charge in [-0.05, 0) is 85.8 Å². The molecule has 2 N–H and O–H groups in total. The lowest BCUT2D eigenvalue weighted by Gasteiger charge is -2.16. The second-order valence-corrected chi connectivity index (χ2v) is 21.0. The maximum Gasteiger partial charge on any atom is 0.246 e. The van der Waals surface area contributed by atoms with Crippen LogP contribution in [0.1, 0.15) is 301 Å². The molecule has 0 spiro atoms. The van der Waals surface area contributed by atoms with E-state index in [-0.39, 0.29) is 12.7 Å². The van der Waals surface area contributed by atoms with Crippen molar-refractivity contribution in [2.24, 2.45) is 41.4 Å². The topological polar surface area (TPSA) is 77.4 Å². The van der Waals surface area contributed by atoms with E-state index in [4.69, 9.17) is 29.2 Å². The standard InChI is InChI=1S/C13H18O2.4C7H16.C6H12O3.2C6H14.C5H12O/c1-4-5-6-10-7-8-11-12(9-10)15-13(2,3)14-11;4*1-4-7(5-2)6-3;1-6(2)8-4-5(3-7)9-6;2*1-4-6(3)5-2;1-3-5(2)4-6/h7-9H,4-6H2,1-3H3;4*7H,4-6H2,1-3H3;5,7H,3-4H2,1-2H3;2*6H,4-5H2,1-3H3;5-6H,3-4H2,1-2H3. The Morgan fingerprint density at radius 3 is 0.971 bits per heavy atom. The summed E-state index contributed by atoms with van der Waals surface area (Å²) in [7, 11) is 0. The highest BCUT2D eigenvalue weighted by Gasteiger charge is 2.32. The number of aliphatic hydroxyl groups excluding tert-OH is 2. The highest BCUT2D eigenvalue weighted by atomic mass is 16.7. The third-order valence-electron chi connectivity index (χ3n) is 14.5. The van der Waals surface area contributed by atoms with Gasteiger partial charge in [0.05, 0.1) is 13.2 Å². The molecule has 2 unspecified atom stereocenters. The smallest absolute Gasteiger partial charge is 0.246 e. The van der Waals surface area contributed by atoms with E-state index in [2.05, 4.69) is 151 Å². The summed E-state index contributed by atoms with van der Waals surface area (Å²) in [5.41, 5.74) is 1.33. The maximum atomic E-state index is 8.59. The molecule has 1 aromatic rings. The normalized spacial score (nSPS) is 14.9. The highest BCUT2D eigenvalue weighted by Crippen LogP contribution is 2.39. The van der Waals surface area contributed by atoms with Gasteiger partial charge in [-0.1, -0.05) is 267 Å². The maximum absolute atomic E-state index is 8.59. The molecule has 2 aliphatic heterocycles. The second-order valence-electron chi connectivity index (χ2n) is 21.0. The Bertz CT molecular complexity index is 1010. The van der Waals surface area contributed by atoms with Gasteiger partial charge in [-0.3, -0.25) is 0 Å². The second kappa shape index (κ2) is 55.4. The molecule has 0 radical (unpaired) electrons. The summed E-state index contributed by atoms with van der Waals surface area (Å²) in [6.45, 7) is 55.3. The van der Waals surface area contributed by atoms with Crippen LogP contribution in [0.4, 0.5) is 0 Å². The third kappa shape index (κ3) is 51.6. The molecule has 0 aromatic heterocycles. The molecule has 1 saturated heterocycles. The number of aryl methyl sites for hydroxylation is 1. The largest absolute Gasteiger partial charge is 0.449 e. The van der Waals surface area contributed by atoms with E-state index >= 15 is 0 Å². The van der Waals surface area contributed by atoms with Gasteiger partial charge in [0.25, 0.3) is 0 Å². The van der Waals surface area contributed by atoms with Gasteiger partial charge in [0.15, 0.2) is 17.3 Å². The zero-order valence-corrected chi connectivity index (χ0v) is 52.6. The van der Waals surface area contributed by atoms with E-state index in [0.717, 1.165) is 59.8 Å². The minimum absolute atomic E-state index is 0.0451. The summed E-state index contributed by atoms with van der Waals surface area (Å²) < 4.78 is 21.7. The van der Waals surface area contributed by atoms with Crippen LogP contribution in [0.5, 0.6) is 11.5 Å². The predicted molar refractivity (Wildman–Crippen MR) is 316 cm³/mol. The van der Waals surface area contributed by atoms with Crippen LogP contribution in [0.2, 0.25) is 0 Å². The predicted octanol–water partition coefficient (Wildman–Crippen LogP) is 20.9. The Labute approximate surface area is 443 Å². The van der Waals surface area contributed by atoms with Crippen molar-refractivity contribution >= 4 is 0 Å². The molecule has 0 saturated carbocycles. The zero-order valence-electron chi connectivity index (χ0n) is 52.6. The van der Waals surface area contributed by atoms with E-state index in [0.29, 0.717) is 19.1 Å². The quantitative estimate of drug-likeness (QED) is 0.121. The summed E-state index contributed by atoms with van der Waals surface area (Å²) in [5, 5.41) is 16.9. The van der Waals surface area contributed by atoms with E-state index in [9.17, 15) is 0 Å². The molecule has 6 heteroatoms. The minimum Gasteiger partial charge on any atom is -0.449 e. The van der Waals surface area contributed by atoms with Crippen molar-refractivity contribution in [2.45, 2.75) is 319 Å². The number of rotatable bonds is 22. The van der Waals surface area contributed by atoms with Gasteiger partial charge in [-0.25, -0.2) is 0 Å². The van der Waals surface area contributed by atoms with E-state index in [1.165, 1.54) is 121 Å². The lowest BCUT2D eigenvalue weighted by molar-refractivity contribution is -0.142. The first-order valence-corrected chi connectivity index (χ1v) is 30.1. The van der Waals surface area contributed by atoms with Gasteiger partial charge in [-0.2, -0.15) is 0 Å². The third-order valence-corrected chi connectivity index (χ3v) is 14.5. The van der Waals surface area contributed by atoms with Gasteiger partial charge in [0, 0.05) is 20.5 Å². The van der Waals surface area contributed by atoms with Crippen LogP contribution in [0.3, 0.4) is 0 Å². The first-order chi connectivity index (χ1) is 33.1. The number of hydrogen-bond acceptors (Lipinski definition) is 6. The van der Waals surface area contributed by atoms with Crippen LogP contribution in [0.25, 0.3) is 0 Å². The first kappa shape index (κ1) is 80.1. The van der Waals surface area contributed by atoms with Crippen LogP contribution in [-0.2, 0) is 15.9 Å². The number of unbranched alkanes of at least 4 members (excludes halogenated alkanes) is 1. The van der Waals surface area contributed by atoms with Crippen molar-refractivity contribution in [3.63, 3.8) is 0 Å². The first-order valence-electron chi connectivity index (χ1n) is 30.1. The Morgan fingerprint density at radius 1 is 0.457 bits per heavy atom. The summed E-state index contributed by atoms with van der Waals surface area (Å²) >= 11 is 0. The van der Waals surface area contributed by atoms with Gasteiger partial charge >= 0.3 is 0 Å². The Morgan fingerprint density at radius 2 is 0.786 bits per heavy atom. The molecule has 1 fully saturated rings. The van der Waals surface area contributed by atoms with Gasteiger partial charge < -0.3 is 29.2 Å². The van der Waals surface area contributed by atoms with Crippen LogP contribution >= 0.6 is 0 Å². The Kier molecular flexibility index (Phi) is 63.4. The van der Waals surface area contributed by atoms with Crippen molar-refractivity contribution in [1.29, 1.82) is 0 Å². The van der Waals surface area contributed by atoms with Crippen molar-refractivity contribution in [2.75, 3.05) is 19.8 Å². The fourth-order valence-corrected chi connectivity index (χ4v) is 6.83. The molecule has 6 nitrogen and oxygen atoms in total. The summed E-state index contributed by atoms with van der Waals surface area (Å²) in [6.07, 6.45) is 26.1. The Balaban J connectivity index is -0.000000169. The van der Waals surface area contributed by atoms with Crippen LogP contribution in [0, 0.1) is 41.4 Å². The van der Waals surface area contributed by atoms with Gasteiger partial charge in [0.1, 0.15) is 6.10 Å². The SMILES string of the molecule is CC1(C)OCC(CO)O1.CCC(C)CC.CCC(C)CC.CCC(C)CO.CCC(CC)CC.CCC(CC)CC.CCC(CC)CC.CCC(CC)CC.CCCCc1ccc2c(c1)OC(C)(C)O2. The number of benzene rings is 1. The molecule has 0 aliphatic carbocycles. The fourth-order valence-electron chi connectivity index (χ4n) is 6.83. The monoisotopic (exact) mass is 999 g/mol. The lowest BCUT2D eigenvalue weighted by atomic mass is 10.0. The van der Waals surface area contributed by atoms with E-state index in [1.54, 1.807) is 0 Å². The van der Waals surface area contributed by atoms with Gasteiger partial charge in [-0.15, -0.1) is 0 Å². The van der Waals surface area contributed by atoms with Crippen molar-refractivity contribution in [3.05, 3.63) is 23.8 Å². The molecule has 3 rings (SSSR count). The fraction of sp³-hybridized carbons (Fsp3) is 0.906. The lowest BCUT2D eigenvalue weighted by Crippen LogP contribution is -2.29. The van der Waals surface area contributed by atoms with Crippen molar-refractivity contribution in [1.82, 2.24) is 0 Å². The van der Waals surface area contributed by atoms with Crippen LogP contribution in [0.15, 0.2) is 18.2 Å².